The molecule has 0 saturated carbocycles. The van der Waals surface area contributed by atoms with Gasteiger partial charge in [0, 0.05) is 44.2 Å². The number of benzene rings is 2. The van der Waals surface area contributed by atoms with Crippen molar-refractivity contribution in [3.8, 4) is 0 Å². The van der Waals surface area contributed by atoms with Crippen LogP contribution in [0.2, 0.25) is 0 Å². The van der Waals surface area contributed by atoms with E-state index in [0.717, 1.165) is 24.0 Å². The highest BCUT2D eigenvalue weighted by atomic mass is 16.2. The largest absolute Gasteiger partial charge is 0.337 e. The molecule has 0 radical (unpaired) electrons. The molecule has 0 bridgehead atoms. The zero-order chi connectivity index (χ0) is 24.5. The third-order valence-corrected chi connectivity index (χ3v) is 6.28. The van der Waals surface area contributed by atoms with Crippen molar-refractivity contribution in [1.29, 1.82) is 0 Å². The van der Waals surface area contributed by atoms with Gasteiger partial charge < -0.3 is 20.4 Å². The first-order chi connectivity index (χ1) is 16.4. The van der Waals surface area contributed by atoms with E-state index in [1.165, 1.54) is 0 Å². The van der Waals surface area contributed by atoms with Crippen molar-refractivity contribution in [2.24, 2.45) is 0 Å². The molecular formula is C27H36N4O3. The van der Waals surface area contributed by atoms with Crippen molar-refractivity contribution in [2.45, 2.75) is 58.5 Å². The lowest BCUT2D eigenvalue weighted by Crippen LogP contribution is -2.59. The van der Waals surface area contributed by atoms with Crippen molar-refractivity contribution < 1.29 is 14.4 Å². The van der Waals surface area contributed by atoms with Crippen molar-refractivity contribution in [1.82, 2.24) is 15.1 Å². The molecule has 1 aliphatic rings. The number of rotatable bonds is 8. The minimum Gasteiger partial charge on any atom is -0.337 e. The van der Waals surface area contributed by atoms with Crippen LogP contribution in [0.25, 0.3) is 0 Å². The van der Waals surface area contributed by atoms with Crippen LogP contribution in [0.4, 0.5) is 10.5 Å². The minimum atomic E-state index is -0.707. The fraction of sp³-hybridized carbons (Fsp3) is 0.444. The molecule has 1 fully saturated rings. The van der Waals surface area contributed by atoms with Crippen LogP contribution in [0.1, 0.15) is 44.2 Å². The number of urea groups is 1. The number of anilines is 1. The van der Waals surface area contributed by atoms with Crippen molar-refractivity contribution in [3.05, 3.63) is 65.7 Å². The van der Waals surface area contributed by atoms with Crippen LogP contribution in [0.5, 0.6) is 0 Å². The molecule has 2 atom stereocenters. The number of nitrogens with one attached hydrogen (secondary N) is 2. The Labute approximate surface area is 202 Å². The molecule has 0 aromatic heterocycles. The average molecular weight is 465 g/mol. The van der Waals surface area contributed by atoms with Gasteiger partial charge in [0.25, 0.3) is 0 Å². The number of aryl methyl sites for hydroxylation is 1. The summed E-state index contributed by atoms with van der Waals surface area (Å²) >= 11 is 0. The van der Waals surface area contributed by atoms with Gasteiger partial charge in [0.05, 0.1) is 0 Å². The van der Waals surface area contributed by atoms with E-state index in [0.29, 0.717) is 38.2 Å². The van der Waals surface area contributed by atoms with E-state index in [1.54, 1.807) is 4.90 Å². The first kappa shape index (κ1) is 25.3. The smallest absolute Gasteiger partial charge is 0.319 e. The summed E-state index contributed by atoms with van der Waals surface area (Å²) in [5.41, 5.74) is 2.62. The summed E-state index contributed by atoms with van der Waals surface area (Å²) in [6.45, 7) is 7.42. The molecule has 1 aliphatic heterocycles. The highest BCUT2D eigenvalue weighted by molar-refractivity contribution is 5.94. The number of nitrogens with zero attached hydrogens (tertiary/aromatic N) is 2. The lowest BCUT2D eigenvalue weighted by atomic mass is 10.0. The third kappa shape index (κ3) is 6.83. The first-order valence-electron chi connectivity index (χ1n) is 12.1. The standard InChI is InChI=1S/C27H36N4O3/c1-4-5-15-25(32)31-17-16-30(19-21(31)3)26(33)24(18-22-12-7-6-8-13-22)29-27(34)28-23-14-10-9-11-20(23)2/h6-14,21,24H,4-5,15-19H2,1-3H3,(H2,28,29,34). The second kappa shape index (κ2) is 12.2. The predicted octanol–water partition coefficient (Wildman–Crippen LogP) is 3.98. The fourth-order valence-corrected chi connectivity index (χ4v) is 4.30. The minimum absolute atomic E-state index is 0.0553. The molecule has 0 aliphatic carbocycles. The average Bonchev–Trinajstić information content (AvgIpc) is 2.83. The number of amides is 4. The molecule has 3 rings (SSSR count). The van der Waals surface area contributed by atoms with Gasteiger partial charge >= 0.3 is 6.03 Å². The molecule has 7 nitrogen and oxygen atoms in total. The lowest BCUT2D eigenvalue weighted by molar-refractivity contribution is -0.143. The van der Waals surface area contributed by atoms with Gasteiger partial charge in [0.2, 0.25) is 11.8 Å². The molecule has 7 heteroatoms. The van der Waals surface area contributed by atoms with E-state index in [-0.39, 0.29) is 17.9 Å². The van der Waals surface area contributed by atoms with Crippen LogP contribution in [0.3, 0.4) is 0 Å². The van der Waals surface area contributed by atoms with Gasteiger partial charge in [0.1, 0.15) is 6.04 Å². The maximum Gasteiger partial charge on any atom is 0.319 e. The van der Waals surface area contributed by atoms with Crippen LogP contribution in [0.15, 0.2) is 54.6 Å². The monoisotopic (exact) mass is 464 g/mol. The zero-order valence-corrected chi connectivity index (χ0v) is 20.4. The summed E-state index contributed by atoms with van der Waals surface area (Å²) in [6, 6.07) is 16.0. The molecule has 2 N–H and O–H groups in total. The Bertz CT molecular complexity index is 979. The third-order valence-electron chi connectivity index (χ3n) is 6.28. The summed E-state index contributed by atoms with van der Waals surface area (Å²) in [4.78, 5) is 42.5. The second-order valence-electron chi connectivity index (χ2n) is 8.98. The number of carbonyl (C=O) groups excluding carboxylic acids is 3. The van der Waals surface area contributed by atoms with Crippen LogP contribution >= 0.6 is 0 Å². The molecule has 2 aromatic carbocycles. The summed E-state index contributed by atoms with van der Waals surface area (Å²) in [5, 5.41) is 5.75. The van der Waals surface area contributed by atoms with Crippen LogP contribution < -0.4 is 10.6 Å². The van der Waals surface area contributed by atoms with Gasteiger partial charge in [-0.2, -0.15) is 0 Å². The Morgan fingerprint density at radius 1 is 1.03 bits per heavy atom. The van der Waals surface area contributed by atoms with Crippen molar-refractivity contribution >= 4 is 23.5 Å². The number of hydrogen-bond donors (Lipinski definition) is 2. The van der Waals surface area contributed by atoms with E-state index >= 15 is 0 Å². The molecule has 34 heavy (non-hydrogen) atoms. The molecule has 1 heterocycles. The summed E-state index contributed by atoms with van der Waals surface area (Å²) in [7, 11) is 0. The van der Waals surface area contributed by atoms with E-state index in [9.17, 15) is 14.4 Å². The molecule has 182 valence electrons. The van der Waals surface area contributed by atoms with E-state index in [4.69, 9.17) is 0 Å². The lowest BCUT2D eigenvalue weighted by Gasteiger charge is -2.41. The fourth-order valence-electron chi connectivity index (χ4n) is 4.30. The van der Waals surface area contributed by atoms with Gasteiger partial charge in [-0.25, -0.2) is 4.79 Å². The van der Waals surface area contributed by atoms with Crippen LogP contribution in [-0.2, 0) is 16.0 Å². The Morgan fingerprint density at radius 3 is 2.41 bits per heavy atom. The van der Waals surface area contributed by atoms with Crippen molar-refractivity contribution in [3.63, 3.8) is 0 Å². The number of unbranched alkanes of at least 4 members (excludes halogenated alkanes) is 1. The molecule has 1 saturated heterocycles. The van der Waals surface area contributed by atoms with Crippen LogP contribution in [0, 0.1) is 6.92 Å². The molecule has 2 unspecified atom stereocenters. The second-order valence-corrected chi connectivity index (χ2v) is 8.98. The Balaban J connectivity index is 1.69. The zero-order valence-electron chi connectivity index (χ0n) is 20.4. The van der Waals surface area contributed by atoms with Gasteiger partial charge in [-0.15, -0.1) is 0 Å². The predicted molar refractivity (Wildman–Crippen MR) is 135 cm³/mol. The maximum atomic E-state index is 13.5. The highest BCUT2D eigenvalue weighted by Crippen LogP contribution is 2.16. The van der Waals surface area contributed by atoms with Gasteiger partial charge in [0.15, 0.2) is 0 Å². The van der Waals surface area contributed by atoms with Gasteiger partial charge in [-0.05, 0) is 37.5 Å². The SMILES string of the molecule is CCCCC(=O)N1CCN(C(=O)C(Cc2ccccc2)NC(=O)Nc2ccccc2C)CC1C. The number of hydrogen-bond acceptors (Lipinski definition) is 3. The van der Waals surface area contributed by atoms with Crippen LogP contribution in [-0.4, -0.2) is 59.4 Å². The Morgan fingerprint density at radius 2 is 1.74 bits per heavy atom. The normalized spacial score (nSPS) is 16.6. The summed E-state index contributed by atoms with van der Waals surface area (Å²) in [6.07, 6.45) is 2.80. The molecule has 4 amide bonds. The highest BCUT2D eigenvalue weighted by Gasteiger charge is 2.33. The first-order valence-corrected chi connectivity index (χ1v) is 12.1. The van der Waals surface area contributed by atoms with E-state index < -0.39 is 12.1 Å². The van der Waals surface area contributed by atoms with Crippen molar-refractivity contribution in [2.75, 3.05) is 25.0 Å². The van der Waals surface area contributed by atoms with E-state index in [2.05, 4.69) is 17.6 Å². The molecule has 0 spiro atoms. The quantitative estimate of drug-likeness (QED) is 0.620. The summed E-state index contributed by atoms with van der Waals surface area (Å²) < 4.78 is 0. The Kier molecular flexibility index (Phi) is 9.08. The summed E-state index contributed by atoms with van der Waals surface area (Å²) in [5.74, 6) is 0.0225. The number of para-hydroxylation sites is 1. The van der Waals surface area contributed by atoms with Gasteiger partial charge in [-0.3, -0.25) is 9.59 Å². The maximum absolute atomic E-state index is 13.5. The number of piperazine rings is 1. The number of carbonyl (C=O) groups is 3. The van der Waals surface area contributed by atoms with Gasteiger partial charge in [-0.1, -0.05) is 61.9 Å². The topological polar surface area (TPSA) is 81.8 Å². The molecular weight excluding hydrogens is 428 g/mol. The van der Waals surface area contributed by atoms with E-state index in [1.807, 2.05) is 73.3 Å². The Hall–Kier alpha value is -3.35. The molecule has 2 aromatic rings.